The molecule has 0 aliphatic carbocycles. The van der Waals surface area contributed by atoms with E-state index in [-0.39, 0.29) is 12.1 Å². The van der Waals surface area contributed by atoms with Crippen LogP contribution in [0.4, 0.5) is 0 Å². The number of aryl methyl sites for hydroxylation is 2. The molecule has 0 spiro atoms. The minimum atomic E-state index is -0.270. The van der Waals surface area contributed by atoms with Gasteiger partial charge in [-0.1, -0.05) is 41.4 Å². The van der Waals surface area contributed by atoms with Gasteiger partial charge >= 0.3 is 0 Å². The molecule has 3 aromatic rings. The molecule has 1 unspecified atom stereocenters. The van der Waals surface area contributed by atoms with Crippen molar-refractivity contribution in [3.63, 3.8) is 0 Å². The predicted octanol–water partition coefficient (Wildman–Crippen LogP) is 6.04. The van der Waals surface area contributed by atoms with E-state index in [2.05, 4.69) is 20.8 Å². The second-order valence-electron chi connectivity index (χ2n) is 7.79. The number of halogens is 3. The third-order valence-electron chi connectivity index (χ3n) is 5.10. The number of nitrogens with one attached hydrogen (secondary N) is 2. The lowest BCUT2D eigenvalue weighted by molar-refractivity contribution is 0.160. The lowest BCUT2D eigenvalue weighted by Gasteiger charge is -2.26. The number of ether oxygens (including phenoxy) is 1. The van der Waals surface area contributed by atoms with E-state index in [4.69, 9.17) is 39.5 Å². The summed E-state index contributed by atoms with van der Waals surface area (Å²) in [5, 5.41) is 14.1. The van der Waals surface area contributed by atoms with Crippen molar-refractivity contribution in [3.8, 4) is 11.5 Å². The molecule has 9 heteroatoms. The minimum Gasteiger partial charge on any atom is -0.454 e. The van der Waals surface area contributed by atoms with Crippen molar-refractivity contribution in [3.05, 3.63) is 81.4 Å². The van der Waals surface area contributed by atoms with Crippen molar-refractivity contribution in [2.75, 3.05) is 12.4 Å². The molecule has 0 amide bonds. The molecule has 0 saturated heterocycles. The van der Waals surface area contributed by atoms with E-state index >= 15 is 0 Å². The minimum absolute atomic E-state index is 0.0927. The molecule has 0 aliphatic heterocycles. The lowest BCUT2D eigenvalue weighted by atomic mass is 10.0. The molecule has 6 nitrogen and oxygen atoms in total. The van der Waals surface area contributed by atoms with Gasteiger partial charge in [0.25, 0.3) is 0 Å². The van der Waals surface area contributed by atoms with Crippen LogP contribution in [0.3, 0.4) is 0 Å². The van der Waals surface area contributed by atoms with Gasteiger partial charge in [-0.25, -0.2) is 15.4 Å². The molecule has 2 aromatic carbocycles. The number of rotatable bonds is 11. The van der Waals surface area contributed by atoms with Gasteiger partial charge in [0.15, 0.2) is 5.75 Å². The third kappa shape index (κ3) is 7.54. The summed E-state index contributed by atoms with van der Waals surface area (Å²) in [6, 6.07) is 12.8. The van der Waals surface area contributed by atoms with Gasteiger partial charge < -0.3 is 15.3 Å². The van der Waals surface area contributed by atoms with Crippen molar-refractivity contribution < 1.29 is 9.94 Å². The Kier molecular flexibility index (Phi) is 9.74. The average molecular weight is 510 g/mol. The summed E-state index contributed by atoms with van der Waals surface area (Å²) in [7, 11) is 0. The second-order valence-corrected chi connectivity index (χ2v) is 8.94. The Labute approximate surface area is 209 Å². The van der Waals surface area contributed by atoms with Crippen LogP contribution in [0.2, 0.25) is 10.0 Å². The number of benzene rings is 2. The average Bonchev–Trinajstić information content (AvgIpc) is 2.78. The van der Waals surface area contributed by atoms with Crippen LogP contribution in [0.15, 0.2) is 48.7 Å². The molecule has 0 saturated carbocycles. The fourth-order valence-corrected chi connectivity index (χ4v) is 4.19. The smallest absolute Gasteiger partial charge is 0.168 e. The number of aromatic nitrogens is 2. The van der Waals surface area contributed by atoms with Gasteiger partial charge in [-0.15, -0.1) is 11.6 Å². The highest BCUT2D eigenvalue weighted by molar-refractivity contribution is 6.31. The molecular formula is C24H27Cl3N4O2. The van der Waals surface area contributed by atoms with Crippen LogP contribution in [-0.2, 0) is 6.42 Å². The quantitative estimate of drug-likeness (QED) is 0.216. The van der Waals surface area contributed by atoms with Crippen LogP contribution in [-0.4, -0.2) is 33.6 Å². The van der Waals surface area contributed by atoms with Crippen LogP contribution in [0, 0.1) is 13.8 Å². The zero-order chi connectivity index (χ0) is 23.8. The standard InChI is InChI=1S/C24H27Cl3N4O2/c1-15-6-7-17(21(27)10-15)11-19(13-25)31-22(8-9-29-32)24-23(14-28-16(2)30-24)33-20-5-3-4-18(26)12-20/h3-7,10,12,14,19,22,29,31-32H,8-9,11,13H2,1-2H3/t19-,22?/m1/s1. The lowest BCUT2D eigenvalue weighted by Crippen LogP contribution is -2.38. The summed E-state index contributed by atoms with van der Waals surface area (Å²) in [6.45, 7) is 4.17. The van der Waals surface area contributed by atoms with Gasteiger partial charge in [0.1, 0.15) is 17.3 Å². The van der Waals surface area contributed by atoms with Crippen LogP contribution in [0.25, 0.3) is 0 Å². The van der Waals surface area contributed by atoms with Crippen LogP contribution in [0.1, 0.15) is 35.1 Å². The summed E-state index contributed by atoms with van der Waals surface area (Å²) in [6.07, 6.45) is 2.82. The molecule has 0 bridgehead atoms. The van der Waals surface area contributed by atoms with Crippen molar-refractivity contribution in [1.29, 1.82) is 0 Å². The number of hydrogen-bond donors (Lipinski definition) is 3. The highest BCUT2D eigenvalue weighted by atomic mass is 35.5. The van der Waals surface area contributed by atoms with Gasteiger partial charge in [0.2, 0.25) is 0 Å². The first kappa shape index (κ1) is 25.7. The summed E-state index contributed by atoms with van der Waals surface area (Å²) in [4.78, 5) is 8.96. The Balaban J connectivity index is 1.88. The third-order valence-corrected chi connectivity index (χ3v) is 6.06. The van der Waals surface area contributed by atoms with Crippen molar-refractivity contribution in [2.45, 2.75) is 38.8 Å². The monoisotopic (exact) mass is 508 g/mol. The Morgan fingerprint density at radius 3 is 2.64 bits per heavy atom. The van der Waals surface area contributed by atoms with E-state index in [1.165, 1.54) is 0 Å². The highest BCUT2D eigenvalue weighted by Gasteiger charge is 2.23. The van der Waals surface area contributed by atoms with E-state index in [0.29, 0.717) is 58.3 Å². The molecule has 1 aromatic heterocycles. The second kappa shape index (κ2) is 12.5. The first-order chi connectivity index (χ1) is 15.9. The van der Waals surface area contributed by atoms with E-state index in [1.54, 1.807) is 18.3 Å². The molecule has 0 fully saturated rings. The number of alkyl halides is 1. The van der Waals surface area contributed by atoms with Crippen molar-refractivity contribution >= 4 is 34.8 Å². The fourth-order valence-electron chi connectivity index (χ4n) is 3.50. The Bertz CT molecular complexity index is 1070. The molecule has 1 heterocycles. The van der Waals surface area contributed by atoms with E-state index in [0.717, 1.165) is 11.1 Å². The zero-order valence-corrected chi connectivity index (χ0v) is 20.8. The maximum absolute atomic E-state index is 9.24. The maximum Gasteiger partial charge on any atom is 0.168 e. The zero-order valence-electron chi connectivity index (χ0n) is 18.5. The predicted molar refractivity (Wildman–Crippen MR) is 133 cm³/mol. The van der Waals surface area contributed by atoms with Crippen LogP contribution >= 0.6 is 34.8 Å². The Morgan fingerprint density at radius 2 is 1.94 bits per heavy atom. The largest absolute Gasteiger partial charge is 0.454 e. The highest BCUT2D eigenvalue weighted by Crippen LogP contribution is 2.31. The Morgan fingerprint density at radius 1 is 1.12 bits per heavy atom. The molecule has 176 valence electrons. The van der Waals surface area contributed by atoms with Gasteiger partial charge in [-0.3, -0.25) is 0 Å². The fraction of sp³-hybridized carbons (Fsp3) is 0.333. The summed E-state index contributed by atoms with van der Waals surface area (Å²) in [5.41, 5.74) is 5.00. The molecule has 3 rings (SSSR count). The van der Waals surface area contributed by atoms with Crippen LogP contribution < -0.4 is 15.5 Å². The van der Waals surface area contributed by atoms with Crippen molar-refractivity contribution in [1.82, 2.24) is 20.8 Å². The van der Waals surface area contributed by atoms with E-state index in [1.807, 2.05) is 44.2 Å². The van der Waals surface area contributed by atoms with E-state index < -0.39 is 0 Å². The van der Waals surface area contributed by atoms with Gasteiger partial charge in [-0.2, -0.15) is 0 Å². The number of nitrogens with zero attached hydrogens (tertiary/aromatic N) is 2. The number of hydroxylamine groups is 1. The first-order valence-electron chi connectivity index (χ1n) is 10.6. The van der Waals surface area contributed by atoms with Crippen LogP contribution in [0.5, 0.6) is 11.5 Å². The maximum atomic E-state index is 9.24. The molecule has 2 atom stereocenters. The first-order valence-corrected chi connectivity index (χ1v) is 11.9. The summed E-state index contributed by atoms with van der Waals surface area (Å²) in [5.74, 6) is 2.05. The van der Waals surface area contributed by atoms with Gasteiger partial charge in [0, 0.05) is 28.5 Å². The van der Waals surface area contributed by atoms with E-state index in [9.17, 15) is 5.21 Å². The van der Waals surface area contributed by atoms with Gasteiger partial charge in [-0.05, 0) is 62.1 Å². The number of hydrogen-bond acceptors (Lipinski definition) is 6. The van der Waals surface area contributed by atoms with Gasteiger partial charge in [0.05, 0.1) is 12.2 Å². The molecular weight excluding hydrogens is 483 g/mol. The Hall–Kier alpha value is -1.93. The molecule has 0 aliphatic rings. The summed E-state index contributed by atoms with van der Waals surface area (Å²) >= 11 is 18.9. The topological polar surface area (TPSA) is 79.3 Å². The normalized spacial score (nSPS) is 13.0. The molecule has 33 heavy (non-hydrogen) atoms. The SMILES string of the molecule is Cc1ccc(C[C@H](CCl)NC(CCNO)c2nc(C)ncc2Oc2cccc(Cl)c2)c(Cl)c1. The molecule has 0 radical (unpaired) electrons. The molecule has 3 N–H and O–H groups in total. The summed E-state index contributed by atoms with van der Waals surface area (Å²) < 4.78 is 6.09. The van der Waals surface area contributed by atoms with Crippen molar-refractivity contribution in [2.24, 2.45) is 0 Å².